The van der Waals surface area contributed by atoms with E-state index in [9.17, 15) is 21.6 Å². The van der Waals surface area contributed by atoms with Crippen LogP contribution in [-0.4, -0.2) is 31.1 Å². The van der Waals surface area contributed by atoms with Crippen molar-refractivity contribution in [1.29, 1.82) is 0 Å². The molecule has 3 rings (SSSR count). The van der Waals surface area contributed by atoms with E-state index in [0.29, 0.717) is 19.3 Å². The van der Waals surface area contributed by atoms with Gasteiger partial charge in [-0.25, -0.2) is 13.1 Å². The number of halogens is 3. The van der Waals surface area contributed by atoms with Crippen LogP contribution in [0.15, 0.2) is 42.5 Å². The maximum absolute atomic E-state index is 12.8. The number of hydrogen-bond donors (Lipinski definition) is 3. The molecule has 2 aromatic carbocycles. The molecule has 0 saturated heterocycles. The topological polar surface area (TPSA) is 70.2 Å². The molecule has 0 aliphatic heterocycles. The standard InChI is InChI=1S/C20H24F3N3O2S2/c1-13(15-10-6-8-14-7-2-3-9-16(14)15)24-19(29)25-17-11-4-5-12-18(17)26-30(27,28)20(21,22)23/h2-3,6-10,13,17-18,26H,4-5,11-12H2,1H3,(H2,24,25,29)/t13?,17-,18-/m0/s1. The van der Waals surface area contributed by atoms with Gasteiger partial charge in [-0.05, 0) is 48.3 Å². The lowest BCUT2D eigenvalue weighted by atomic mass is 9.91. The lowest BCUT2D eigenvalue weighted by molar-refractivity contribution is -0.0453. The van der Waals surface area contributed by atoms with E-state index in [0.717, 1.165) is 22.8 Å². The van der Waals surface area contributed by atoms with Gasteiger partial charge in [0, 0.05) is 12.1 Å². The van der Waals surface area contributed by atoms with Gasteiger partial charge in [0.25, 0.3) is 0 Å². The first kappa shape index (κ1) is 22.8. The second-order valence-electron chi connectivity index (χ2n) is 7.47. The van der Waals surface area contributed by atoms with Gasteiger partial charge in [0.15, 0.2) is 5.11 Å². The first-order valence-electron chi connectivity index (χ1n) is 9.72. The first-order valence-corrected chi connectivity index (χ1v) is 11.6. The number of thiocarbonyl (C=S) groups is 1. The molecule has 164 valence electrons. The molecule has 0 spiro atoms. The summed E-state index contributed by atoms with van der Waals surface area (Å²) < 4.78 is 63.1. The molecule has 3 atom stereocenters. The Kier molecular flexibility index (Phi) is 6.88. The average molecular weight is 460 g/mol. The second kappa shape index (κ2) is 9.07. The van der Waals surface area contributed by atoms with Crippen LogP contribution in [0.1, 0.15) is 44.2 Å². The molecular weight excluding hydrogens is 435 g/mol. The summed E-state index contributed by atoms with van der Waals surface area (Å²) in [5.41, 5.74) is -4.30. The van der Waals surface area contributed by atoms with Crippen LogP contribution in [-0.2, 0) is 10.0 Å². The van der Waals surface area contributed by atoms with Gasteiger partial charge in [-0.15, -0.1) is 0 Å². The lowest BCUT2D eigenvalue weighted by Crippen LogP contribution is -2.56. The SMILES string of the molecule is CC(NC(=S)N[C@H]1CCCC[C@@H]1NS(=O)(=O)C(F)(F)F)c1cccc2ccccc12. The Bertz CT molecular complexity index is 1010. The zero-order valence-electron chi connectivity index (χ0n) is 16.4. The Morgan fingerprint density at radius 3 is 2.40 bits per heavy atom. The lowest BCUT2D eigenvalue weighted by Gasteiger charge is -2.34. The number of benzene rings is 2. The zero-order chi connectivity index (χ0) is 21.9. The Labute approximate surface area is 179 Å². The second-order valence-corrected chi connectivity index (χ2v) is 9.59. The summed E-state index contributed by atoms with van der Waals surface area (Å²) in [6.07, 6.45) is 2.27. The fourth-order valence-corrected chi connectivity index (χ4v) is 4.97. The van der Waals surface area contributed by atoms with E-state index in [2.05, 4.69) is 10.6 Å². The third kappa shape index (κ3) is 5.22. The summed E-state index contributed by atoms with van der Waals surface area (Å²) in [5.74, 6) is 0. The molecule has 5 nitrogen and oxygen atoms in total. The summed E-state index contributed by atoms with van der Waals surface area (Å²) in [6, 6.07) is 12.4. The van der Waals surface area contributed by atoms with Crippen molar-refractivity contribution in [3.8, 4) is 0 Å². The number of fused-ring (bicyclic) bond motifs is 1. The van der Waals surface area contributed by atoms with Gasteiger partial charge in [-0.1, -0.05) is 55.3 Å². The largest absolute Gasteiger partial charge is 0.511 e. The van der Waals surface area contributed by atoms with Gasteiger partial charge in [0.05, 0.1) is 6.04 Å². The van der Waals surface area contributed by atoms with Crippen LogP contribution in [0.2, 0.25) is 0 Å². The molecule has 0 radical (unpaired) electrons. The van der Waals surface area contributed by atoms with Gasteiger partial charge in [-0.3, -0.25) is 0 Å². The molecule has 3 N–H and O–H groups in total. The quantitative estimate of drug-likeness (QED) is 0.587. The van der Waals surface area contributed by atoms with Gasteiger partial charge in [0.1, 0.15) is 0 Å². The molecule has 1 saturated carbocycles. The number of alkyl halides is 3. The van der Waals surface area contributed by atoms with Crippen LogP contribution in [0, 0.1) is 0 Å². The van der Waals surface area contributed by atoms with Gasteiger partial charge < -0.3 is 10.6 Å². The first-order chi connectivity index (χ1) is 14.1. The predicted molar refractivity (Wildman–Crippen MR) is 115 cm³/mol. The predicted octanol–water partition coefficient (Wildman–Crippen LogP) is 4.12. The summed E-state index contributed by atoms with van der Waals surface area (Å²) in [7, 11) is -5.41. The van der Waals surface area contributed by atoms with E-state index >= 15 is 0 Å². The van der Waals surface area contributed by atoms with E-state index in [1.165, 1.54) is 0 Å². The van der Waals surface area contributed by atoms with Crippen molar-refractivity contribution in [2.75, 3.05) is 0 Å². The number of rotatable bonds is 5. The van der Waals surface area contributed by atoms with E-state index in [1.807, 2.05) is 49.4 Å². The molecule has 1 unspecified atom stereocenters. The van der Waals surface area contributed by atoms with Crippen LogP contribution in [0.3, 0.4) is 0 Å². The smallest absolute Gasteiger partial charge is 0.358 e. The summed E-state index contributed by atoms with van der Waals surface area (Å²) >= 11 is 5.38. The van der Waals surface area contributed by atoms with E-state index in [-0.39, 0.29) is 11.2 Å². The van der Waals surface area contributed by atoms with Crippen molar-refractivity contribution < 1.29 is 21.6 Å². The Hall–Kier alpha value is -1.91. The molecule has 2 aromatic rings. The number of sulfonamides is 1. The summed E-state index contributed by atoms with van der Waals surface area (Å²) in [5, 5.41) is 8.64. The highest BCUT2D eigenvalue weighted by atomic mass is 32.2. The highest BCUT2D eigenvalue weighted by Gasteiger charge is 2.47. The molecule has 0 bridgehead atoms. The normalized spacial score (nSPS) is 21.2. The van der Waals surface area contributed by atoms with Gasteiger partial charge in [0.2, 0.25) is 0 Å². The summed E-state index contributed by atoms with van der Waals surface area (Å²) in [6.45, 7) is 1.94. The minimum atomic E-state index is -5.41. The van der Waals surface area contributed by atoms with Crippen LogP contribution in [0.25, 0.3) is 10.8 Å². The van der Waals surface area contributed by atoms with Crippen molar-refractivity contribution in [2.45, 2.75) is 56.2 Å². The van der Waals surface area contributed by atoms with Gasteiger partial charge in [-0.2, -0.15) is 13.2 Å². The minimum absolute atomic E-state index is 0.148. The van der Waals surface area contributed by atoms with E-state index in [1.54, 1.807) is 4.72 Å². The zero-order valence-corrected chi connectivity index (χ0v) is 18.0. The maximum Gasteiger partial charge on any atom is 0.511 e. The molecule has 0 amide bonds. The minimum Gasteiger partial charge on any atom is -0.358 e. The van der Waals surface area contributed by atoms with Crippen LogP contribution in [0.5, 0.6) is 0 Å². The fourth-order valence-electron chi connectivity index (χ4n) is 3.82. The Balaban J connectivity index is 1.68. The Morgan fingerprint density at radius 1 is 1.07 bits per heavy atom. The third-order valence-corrected chi connectivity index (χ3v) is 6.79. The maximum atomic E-state index is 12.8. The third-order valence-electron chi connectivity index (χ3n) is 5.33. The monoisotopic (exact) mass is 459 g/mol. The Morgan fingerprint density at radius 2 is 1.70 bits per heavy atom. The van der Waals surface area contributed by atoms with Crippen molar-refractivity contribution >= 4 is 38.1 Å². The van der Waals surface area contributed by atoms with E-state index in [4.69, 9.17) is 12.2 Å². The van der Waals surface area contributed by atoms with Crippen molar-refractivity contribution in [3.05, 3.63) is 48.0 Å². The number of nitrogens with one attached hydrogen (secondary N) is 3. The molecule has 0 heterocycles. The van der Waals surface area contributed by atoms with E-state index < -0.39 is 27.6 Å². The summed E-state index contributed by atoms with van der Waals surface area (Å²) in [4.78, 5) is 0. The molecule has 10 heteroatoms. The average Bonchev–Trinajstić information content (AvgIpc) is 2.68. The molecule has 1 aliphatic carbocycles. The van der Waals surface area contributed by atoms with Crippen molar-refractivity contribution in [2.24, 2.45) is 0 Å². The van der Waals surface area contributed by atoms with Crippen molar-refractivity contribution in [3.63, 3.8) is 0 Å². The molecular formula is C20H24F3N3O2S2. The van der Waals surface area contributed by atoms with Crippen LogP contribution < -0.4 is 15.4 Å². The van der Waals surface area contributed by atoms with Gasteiger partial charge >= 0.3 is 15.5 Å². The molecule has 0 aromatic heterocycles. The molecule has 1 aliphatic rings. The van der Waals surface area contributed by atoms with Crippen LogP contribution >= 0.6 is 12.2 Å². The highest BCUT2D eigenvalue weighted by Crippen LogP contribution is 2.26. The number of hydrogen-bond acceptors (Lipinski definition) is 3. The van der Waals surface area contributed by atoms with Crippen molar-refractivity contribution in [1.82, 2.24) is 15.4 Å². The fraction of sp³-hybridized carbons (Fsp3) is 0.450. The highest BCUT2D eigenvalue weighted by molar-refractivity contribution is 7.90. The van der Waals surface area contributed by atoms with Crippen LogP contribution in [0.4, 0.5) is 13.2 Å². The molecule has 30 heavy (non-hydrogen) atoms. The molecule has 1 fully saturated rings.